The molecule has 0 atom stereocenters. The third-order valence-corrected chi connectivity index (χ3v) is 0.911. The van der Waals surface area contributed by atoms with Crippen molar-refractivity contribution in [3.63, 3.8) is 0 Å². The largest absolute Gasteiger partial charge is 0.402 e. The Morgan fingerprint density at radius 1 is 1.83 bits per heavy atom. The van der Waals surface area contributed by atoms with Crippen molar-refractivity contribution in [2.75, 3.05) is 6.26 Å². The second kappa shape index (κ2) is 3.09. The van der Waals surface area contributed by atoms with Crippen LogP contribution in [0.3, 0.4) is 0 Å². The van der Waals surface area contributed by atoms with Gasteiger partial charge in [-0.25, -0.2) is 0 Å². The Morgan fingerprint density at radius 3 is 2.33 bits per heavy atom. The minimum atomic E-state index is 0.877. The lowest BCUT2D eigenvalue weighted by atomic mass is 10.6. The number of hydrogen-bond acceptors (Lipinski definition) is 2. The molecule has 2 N–H and O–H groups in total. The molecule has 0 saturated carbocycles. The Hall–Kier alpha value is -0.110. The van der Waals surface area contributed by atoms with Crippen LogP contribution in [-0.4, -0.2) is 6.26 Å². The second-order valence-electron chi connectivity index (χ2n) is 1.10. The SMILES string of the molecule is CS/C=C(/C)N. The van der Waals surface area contributed by atoms with Crippen LogP contribution in [0.25, 0.3) is 0 Å². The van der Waals surface area contributed by atoms with E-state index in [4.69, 9.17) is 5.73 Å². The molecular formula is C4H9NS. The Balaban J connectivity index is 3.14. The summed E-state index contributed by atoms with van der Waals surface area (Å²) < 4.78 is 0. The maximum atomic E-state index is 5.24. The van der Waals surface area contributed by atoms with Gasteiger partial charge in [0.15, 0.2) is 0 Å². The maximum Gasteiger partial charge on any atom is 0.0113 e. The lowest BCUT2D eigenvalue weighted by Gasteiger charge is -1.81. The molecule has 0 bridgehead atoms. The fraction of sp³-hybridized carbons (Fsp3) is 0.500. The van der Waals surface area contributed by atoms with Gasteiger partial charge < -0.3 is 5.73 Å². The van der Waals surface area contributed by atoms with Crippen LogP contribution in [0.4, 0.5) is 0 Å². The maximum absolute atomic E-state index is 5.24. The van der Waals surface area contributed by atoms with Crippen LogP contribution >= 0.6 is 11.8 Å². The summed E-state index contributed by atoms with van der Waals surface area (Å²) in [5.41, 5.74) is 6.12. The van der Waals surface area contributed by atoms with Crippen molar-refractivity contribution in [3.8, 4) is 0 Å². The van der Waals surface area contributed by atoms with Crippen LogP contribution in [-0.2, 0) is 0 Å². The molecule has 0 rings (SSSR count). The van der Waals surface area contributed by atoms with Crippen molar-refractivity contribution >= 4 is 11.8 Å². The Bertz CT molecular complexity index is 54.6. The van der Waals surface area contributed by atoms with Crippen molar-refractivity contribution in [1.82, 2.24) is 0 Å². The Kier molecular flexibility index (Phi) is 3.04. The summed E-state index contributed by atoms with van der Waals surface area (Å²) in [6.07, 6.45) is 1.98. The molecule has 0 unspecified atom stereocenters. The zero-order valence-electron chi connectivity index (χ0n) is 4.06. The first-order chi connectivity index (χ1) is 2.77. The van der Waals surface area contributed by atoms with Crippen LogP contribution in [0.1, 0.15) is 6.92 Å². The molecule has 0 heterocycles. The van der Waals surface area contributed by atoms with Gasteiger partial charge in [-0.3, -0.25) is 0 Å². The molecule has 0 saturated heterocycles. The van der Waals surface area contributed by atoms with Gasteiger partial charge in [-0.05, 0) is 18.6 Å². The summed E-state index contributed by atoms with van der Waals surface area (Å²) in [5, 5.41) is 1.90. The third kappa shape index (κ3) is 3.89. The van der Waals surface area contributed by atoms with E-state index in [9.17, 15) is 0 Å². The predicted molar refractivity (Wildman–Crippen MR) is 31.5 cm³/mol. The molecule has 1 nitrogen and oxygen atoms in total. The fourth-order valence-corrected chi connectivity index (χ4v) is 0.558. The molecular weight excluding hydrogens is 94.1 g/mol. The number of allylic oxidation sites excluding steroid dienone is 1. The molecule has 0 aliphatic heterocycles. The summed E-state index contributed by atoms with van der Waals surface area (Å²) >= 11 is 1.62. The Morgan fingerprint density at radius 2 is 2.33 bits per heavy atom. The third-order valence-electron chi connectivity index (χ3n) is 0.304. The highest BCUT2D eigenvalue weighted by Gasteiger charge is 1.67. The van der Waals surface area contributed by atoms with Gasteiger partial charge >= 0.3 is 0 Å². The topological polar surface area (TPSA) is 26.0 Å². The van der Waals surface area contributed by atoms with Crippen molar-refractivity contribution < 1.29 is 0 Å². The summed E-state index contributed by atoms with van der Waals surface area (Å²) in [7, 11) is 0. The lowest BCUT2D eigenvalue weighted by Crippen LogP contribution is -1.86. The zero-order valence-corrected chi connectivity index (χ0v) is 4.88. The first-order valence-corrected chi connectivity index (χ1v) is 3.01. The van der Waals surface area contributed by atoms with Crippen LogP contribution in [0.15, 0.2) is 11.1 Å². The van der Waals surface area contributed by atoms with E-state index in [0.29, 0.717) is 0 Å². The standard InChI is InChI=1S/C4H9NS/c1-4(5)3-6-2/h3H,5H2,1-2H3/b4-3-. The van der Waals surface area contributed by atoms with Crippen molar-refractivity contribution in [3.05, 3.63) is 11.1 Å². The molecule has 6 heavy (non-hydrogen) atoms. The molecule has 0 fully saturated rings. The van der Waals surface area contributed by atoms with Gasteiger partial charge in [0.05, 0.1) is 0 Å². The van der Waals surface area contributed by atoms with E-state index in [1.807, 2.05) is 18.6 Å². The molecule has 0 aliphatic carbocycles. The normalized spacial score (nSPS) is 12.0. The van der Waals surface area contributed by atoms with Crippen LogP contribution < -0.4 is 5.73 Å². The molecule has 0 aromatic carbocycles. The summed E-state index contributed by atoms with van der Waals surface area (Å²) in [6.45, 7) is 1.87. The van der Waals surface area contributed by atoms with Crippen LogP contribution in [0, 0.1) is 0 Å². The van der Waals surface area contributed by atoms with E-state index >= 15 is 0 Å². The van der Waals surface area contributed by atoms with E-state index in [0.717, 1.165) is 5.70 Å². The molecule has 2 heteroatoms. The van der Waals surface area contributed by atoms with Crippen LogP contribution in [0.5, 0.6) is 0 Å². The minimum absolute atomic E-state index is 0.877. The quantitative estimate of drug-likeness (QED) is 0.539. The second-order valence-corrected chi connectivity index (χ2v) is 1.80. The zero-order chi connectivity index (χ0) is 4.99. The van der Waals surface area contributed by atoms with E-state index in [-0.39, 0.29) is 0 Å². The highest BCUT2D eigenvalue weighted by Crippen LogP contribution is 1.94. The molecule has 0 aromatic heterocycles. The molecule has 0 amide bonds. The monoisotopic (exact) mass is 103 g/mol. The number of rotatable bonds is 1. The smallest absolute Gasteiger partial charge is 0.0113 e. The van der Waals surface area contributed by atoms with Gasteiger partial charge in [0.25, 0.3) is 0 Å². The van der Waals surface area contributed by atoms with Crippen molar-refractivity contribution in [1.29, 1.82) is 0 Å². The highest BCUT2D eigenvalue weighted by molar-refractivity contribution is 8.01. The highest BCUT2D eigenvalue weighted by atomic mass is 32.2. The number of thioether (sulfide) groups is 1. The number of hydrogen-bond donors (Lipinski definition) is 1. The Labute approximate surface area is 42.6 Å². The minimum Gasteiger partial charge on any atom is -0.402 e. The molecule has 0 spiro atoms. The molecule has 36 valence electrons. The van der Waals surface area contributed by atoms with Gasteiger partial charge in [-0.2, -0.15) is 0 Å². The lowest BCUT2D eigenvalue weighted by molar-refractivity contribution is 1.33. The molecule has 0 aromatic rings. The predicted octanol–water partition coefficient (Wildman–Crippen LogP) is 1.17. The summed E-state index contributed by atoms with van der Waals surface area (Å²) in [5.74, 6) is 0. The van der Waals surface area contributed by atoms with Crippen molar-refractivity contribution in [2.24, 2.45) is 5.73 Å². The van der Waals surface area contributed by atoms with E-state index < -0.39 is 0 Å². The van der Waals surface area contributed by atoms with Crippen LogP contribution in [0.2, 0.25) is 0 Å². The van der Waals surface area contributed by atoms with Gasteiger partial charge in [0, 0.05) is 5.70 Å². The van der Waals surface area contributed by atoms with Gasteiger partial charge in [-0.1, -0.05) is 0 Å². The van der Waals surface area contributed by atoms with Crippen molar-refractivity contribution in [2.45, 2.75) is 6.92 Å². The summed E-state index contributed by atoms with van der Waals surface area (Å²) in [6, 6.07) is 0. The summed E-state index contributed by atoms with van der Waals surface area (Å²) in [4.78, 5) is 0. The number of nitrogens with two attached hydrogens (primary N) is 1. The molecule has 0 aliphatic rings. The fourth-order valence-electron chi connectivity index (χ4n) is 0.186. The first-order valence-electron chi connectivity index (χ1n) is 1.72. The van der Waals surface area contributed by atoms with Gasteiger partial charge in [0.1, 0.15) is 0 Å². The van der Waals surface area contributed by atoms with E-state index in [1.54, 1.807) is 11.8 Å². The van der Waals surface area contributed by atoms with E-state index in [1.165, 1.54) is 0 Å². The first kappa shape index (κ1) is 5.89. The average molecular weight is 103 g/mol. The van der Waals surface area contributed by atoms with Gasteiger partial charge in [0.2, 0.25) is 0 Å². The molecule has 0 radical (unpaired) electrons. The average Bonchev–Trinajstić information content (AvgIpc) is 1.35. The van der Waals surface area contributed by atoms with Gasteiger partial charge in [-0.15, -0.1) is 11.8 Å². The van der Waals surface area contributed by atoms with E-state index in [2.05, 4.69) is 0 Å².